The molecule has 2 aromatic carbocycles. The van der Waals surface area contributed by atoms with E-state index in [1.54, 1.807) is 42.5 Å². The van der Waals surface area contributed by atoms with E-state index in [-0.39, 0.29) is 23.8 Å². The summed E-state index contributed by atoms with van der Waals surface area (Å²) in [4.78, 5) is 37.6. The van der Waals surface area contributed by atoms with E-state index in [9.17, 15) is 24.6 Å². The molecule has 1 saturated carbocycles. The molecule has 6 atom stereocenters. The number of phenolic OH excluding ortho intramolecular Hbond substituents is 1. The number of benzene rings is 2. The molecule has 4 aliphatic rings. The first-order valence-electron chi connectivity index (χ1n) is 13.2. The molecular formula is C30H30O9. The summed E-state index contributed by atoms with van der Waals surface area (Å²) in [7, 11) is 0. The van der Waals surface area contributed by atoms with Gasteiger partial charge in [0.2, 0.25) is 6.10 Å². The van der Waals surface area contributed by atoms with Gasteiger partial charge < -0.3 is 29.2 Å². The summed E-state index contributed by atoms with van der Waals surface area (Å²) in [5.74, 6) is -1.90. The highest BCUT2D eigenvalue weighted by Crippen LogP contribution is 2.67. The van der Waals surface area contributed by atoms with Gasteiger partial charge in [0.05, 0.1) is 11.0 Å². The van der Waals surface area contributed by atoms with E-state index >= 15 is 0 Å². The van der Waals surface area contributed by atoms with Gasteiger partial charge in [0.25, 0.3) is 0 Å². The van der Waals surface area contributed by atoms with E-state index in [1.165, 1.54) is 13.8 Å². The molecule has 2 aromatic rings. The smallest absolute Gasteiger partial charge is 0.357 e. The third-order valence-corrected chi connectivity index (χ3v) is 8.71. The molecule has 0 amide bonds. The molecule has 3 aliphatic carbocycles. The number of phenols is 1. The predicted molar refractivity (Wildman–Crippen MR) is 135 cm³/mol. The van der Waals surface area contributed by atoms with E-state index in [0.717, 1.165) is 24.0 Å². The van der Waals surface area contributed by atoms with Gasteiger partial charge in [-0.25, -0.2) is 9.59 Å². The Bertz CT molecular complexity index is 1380. The summed E-state index contributed by atoms with van der Waals surface area (Å²) < 4.78 is 22.6. The lowest BCUT2D eigenvalue weighted by Crippen LogP contribution is -2.67. The standard InChI is InChI=1S/C30H30O9/c1-16(36-17(2)31)27(33)39-24(18-7-4-3-5-8-18)28(34)37-22-12-14-30(35)20-9-6-13-29(30)23-19(15-20)10-11-21(32)25(23)38-26(22)29/h3-5,7-8,10-12,16,20,24,26,32,35H,6,9,13-15H2,1-2H3/t16-,20-,24-,26+,29+,30-/m0/s1. The highest BCUT2D eigenvalue weighted by atomic mass is 16.6. The molecule has 9 nitrogen and oxygen atoms in total. The first-order chi connectivity index (χ1) is 18.7. The fourth-order valence-electron chi connectivity index (χ4n) is 7.09. The number of rotatable bonds is 6. The van der Waals surface area contributed by atoms with Crippen molar-refractivity contribution in [1.29, 1.82) is 0 Å². The number of ether oxygens (including phenoxy) is 4. The fraction of sp³-hybridized carbons (Fsp3) is 0.433. The Labute approximate surface area is 225 Å². The number of esters is 3. The molecule has 0 aromatic heterocycles. The van der Waals surface area contributed by atoms with E-state index < -0.39 is 47.2 Å². The zero-order valence-electron chi connectivity index (χ0n) is 21.7. The van der Waals surface area contributed by atoms with E-state index in [1.807, 2.05) is 6.07 Å². The largest absolute Gasteiger partial charge is 0.504 e. The Balaban J connectivity index is 1.34. The lowest BCUT2D eigenvalue weighted by Gasteiger charge is -2.59. The van der Waals surface area contributed by atoms with Gasteiger partial charge in [0, 0.05) is 18.1 Å². The average molecular weight is 535 g/mol. The van der Waals surface area contributed by atoms with Gasteiger partial charge in [0.15, 0.2) is 23.7 Å². The fourth-order valence-corrected chi connectivity index (χ4v) is 7.09. The molecule has 0 unspecified atom stereocenters. The average Bonchev–Trinajstić information content (AvgIpc) is 3.25. The molecule has 1 spiro atoms. The minimum Gasteiger partial charge on any atom is -0.504 e. The van der Waals surface area contributed by atoms with Gasteiger partial charge in [-0.15, -0.1) is 0 Å². The van der Waals surface area contributed by atoms with Crippen LogP contribution in [0.3, 0.4) is 0 Å². The molecular weight excluding hydrogens is 504 g/mol. The minimum atomic E-state index is -1.44. The highest BCUT2D eigenvalue weighted by molar-refractivity contribution is 5.84. The Kier molecular flexibility index (Phi) is 5.95. The van der Waals surface area contributed by atoms with Crippen molar-refractivity contribution in [2.75, 3.05) is 0 Å². The maximum absolute atomic E-state index is 13.6. The molecule has 1 aliphatic heterocycles. The lowest BCUT2D eigenvalue weighted by molar-refractivity contribution is -0.179. The summed E-state index contributed by atoms with van der Waals surface area (Å²) in [5.41, 5.74) is 0.229. The Morgan fingerprint density at radius 1 is 1.08 bits per heavy atom. The number of hydrogen-bond donors (Lipinski definition) is 2. The van der Waals surface area contributed by atoms with Crippen LogP contribution in [0.4, 0.5) is 0 Å². The van der Waals surface area contributed by atoms with Gasteiger partial charge in [-0.2, -0.15) is 0 Å². The SMILES string of the molecule is CC(=O)O[C@@H](C)C(=O)O[C@H](C(=O)OC1=CC[C@]2(O)[C@H]3CCC[C@]24c2c(ccc(O)c2O[C@H]14)C3)c1ccccc1. The van der Waals surface area contributed by atoms with Crippen LogP contribution in [0.25, 0.3) is 0 Å². The summed E-state index contributed by atoms with van der Waals surface area (Å²) in [6.45, 7) is 2.53. The first-order valence-corrected chi connectivity index (χ1v) is 13.2. The van der Waals surface area contributed by atoms with E-state index in [0.29, 0.717) is 24.2 Å². The maximum Gasteiger partial charge on any atom is 0.357 e. The second kappa shape index (κ2) is 9.12. The van der Waals surface area contributed by atoms with Crippen LogP contribution < -0.4 is 4.74 Å². The second-order valence-corrected chi connectivity index (χ2v) is 10.8. The van der Waals surface area contributed by atoms with Gasteiger partial charge in [0.1, 0.15) is 5.76 Å². The topological polar surface area (TPSA) is 129 Å². The van der Waals surface area contributed by atoms with Crippen molar-refractivity contribution in [3.05, 3.63) is 71.0 Å². The summed E-state index contributed by atoms with van der Waals surface area (Å²) in [5, 5.41) is 22.8. The molecule has 2 N–H and O–H groups in total. The molecule has 0 radical (unpaired) electrons. The van der Waals surface area contributed by atoms with E-state index in [4.69, 9.17) is 18.9 Å². The molecule has 1 fully saturated rings. The van der Waals surface area contributed by atoms with E-state index in [2.05, 4.69) is 0 Å². The van der Waals surface area contributed by atoms with Gasteiger partial charge >= 0.3 is 17.9 Å². The van der Waals surface area contributed by atoms with Gasteiger partial charge in [-0.05, 0) is 56.2 Å². The number of hydrogen-bond acceptors (Lipinski definition) is 9. The number of aliphatic hydroxyl groups is 1. The summed E-state index contributed by atoms with van der Waals surface area (Å²) in [6, 6.07) is 11.9. The Morgan fingerprint density at radius 3 is 2.59 bits per heavy atom. The van der Waals surface area contributed by atoms with Crippen LogP contribution in [0.1, 0.15) is 62.3 Å². The lowest BCUT2D eigenvalue weighted by atomic mass is 9.47. The van der Waals surface area contributed by atoms with Crippen molar-refractivity contribution in [2.24, 2.45) is 5.92 Å². The maximum atomic E-state index is 13.6. The van der Waals surface area contributed by atoms with Crippen molar-refractivity contribution >= 4 is 17.9 Å². The molecule has 2 bridgehead atoms. The quantitative estimate of drug-likeness (QED) is 0.422. The van der Waals surface area contributed by atoms with Gasteiger partial charge in [-0.3, -0.25) is 4.79 Å². The van der Waals surface area contributed by atoms with Crippen molar-refractivity contribution < 1.29 is 43.5 Å². The molecule has 1 heterocycles. The zero-order chi connectivity index (χ0) is 27.5. The molecule has 6 rings (SSSR count). The van der Waals surface area contributed by atoms with Crippen LogP contribution in [0.5, 0.6) is 11.5 Å². The monoisotopic (exact) mass is 534 g/mol. The Morgan fingerprint density at radius 2 is 1.85 bits per heavy atom. The Hall–Kier alpha value is -3.85. The molecule has 0 saturated heterocycles. The minimum absolute atomic E-state index is 0.00892. The third-order valence-electron chi connectivity index (χ3n) is 8.71. The van der Waals surface area contributed by atoms with Crippen LogP contribution in [0.15, 0.2) is 54.3 Å². The number of carbonyl (C=O) groups is 3. The second-order valence-electron chi connectivity index (χ2n) is 10.8. The normalized spacial score (nSPS) is 29.2. The highest BCUT2D eigenvalue weighted by Gasteiger charge is 2.71. The molecule has 204 valence electrons. The van der Waals surface area contributed by atoms with Crippen molar-refractivity contribution in [3.63, 3.8) is 0 Å². The zero-order valence-corrected chi connectivity index (χ0v) is 21.7. The van der Waals surface area contributed by atoms with Crippen LogP contribution in [0, 0.1) is 5.92 Å². The third kappa shape index (κ3) is 3.74. The summed E-state index contributed by atoms with van der Waals surface area (Å²) >= 11 is 0. The predicted octanol–water partition coefficient (Wildman–Crippen LogP) is 3.55. The van der Waals surface area contributed by atoms with Crippen LogP contribution in [-0.2, 0) is 40.4 Å². The summed E-state index contributed by atoms with van der Waals surface area (Å²) in [6.07, 6.45) is 1.47. The van der Waals surface area contributed by atoms with Gasteiger partial charge in [-0.1, -0.05) is 42.8 Å². The number of aromatic hydroxyl groups is 1. The first kappa shape index (κ1) is 25.4. The van der Waals surface area contributed by atoms with Crippen molar-refractivity contribution in [2.45, 2.75) is 75.3 Å². The molecule has 9 heteroatoms. The van der Waals surface area contributed by atoms with Crippen LogP contribution in [0.2, 0.25) is 0 Å². The van der Waals surface area contributed by atoms with Crippen molar-refractivity contribution in [3.8, 4) is 11.5 Å². The molecule has 39 heavy (non-hydrogen) atoms. The van der Waals surface area contributed by atoms with Crippen LogP contribution >= 0.6 is 0 Å². The van der Waals surface area contributed by atoms with Crippen LogP contribution in [-0.4, -0.2) is 45.9 Å². The number of carbonyl (C=O) groups excluding carboxylic acids is 3. The van der Waals surface area contributed by atoms with Crippen molar-refractivity contribution in [1.82, 2.24) is 0 Å².